The highest BCUT2D eigenvalue weighted by Gasteiger charge is 2.11. The van der Waals surface area contributed by atoms with Crippen LogP contribution in [-0.4, -0.2) is 27.7 Å². The molecule has 5 nitrogen and oxygen atoms in total. The Hall–Kier alpha value is -1.56. The van der Waals surface area contributed by atoms with Crippen molar-refractivity contribution in [2.45, 2.75) is 6.92 Å². The summed E-state index contributed by atoms with van der Waals surface area (Å²) < 4.78 is 0. The lowest BCUT2D eigenvalue weighted by molar-refractivity contribution is -0.118. The average molecular weight is 240 g/mol. The van der Waals surface area contributed by atoms with Crippen LogP contribution in [0, 0.1) is 5.92 Å². The minimum Gasteiger partial charge on any atom is -0.477 e. The molecule has 16 heavy (non-hydrogen) atoms. The number of nitrogens with zero attached hydrogens (tertiary/aromatic N) is 1. The average Bonchev–Trinajstić information content (AvgIpc) is 2.28. The summed E-state index contributed by atoms with van der Waals surface area (Å²) in [5.74, 6) is -1.02. The Morgan fingerprint density at radius 3 is 2.69 bits per heavy atom. The largest absolute Gasteiger partial charge is 0.477 e. The molecule has 1 aromatic rings. The number of carbonyl (C=O) groups excluding carboxylic acids is 1. The molecular formula is C10H12N2O3S. The number of hydrogen-bond acceptors (Lipinski definition) is 4. The van der Waals surface area contributed by atoms with Crippen molar-refractivity contribution in [2.75, 3.05) is 11.1 Å². The molecule has 1 heterocycles. The topological polar surface area (TPSA) is 79.3 Å². The first-order valence-corrected chi connectivity index (χ1v) is 5.29. The molecule has 1 atom stereocenters. The Labute approximate surface area is 98.3 Å². The monoisotopic (exact) mass is 240 g/mol. The minimum absolute atomic E-state index is 0.0553. The number of hydrogen-bond donors (Lipinski definition) is 3. The van der Waals surface area contributed by atoms with Gasteiger partial charge < -0.3 is 10.4 Å². The highest BCUT2D eigenvalue weighted by atomic mass is 32.1. The maximum Gasteiger partial charge on any atom is 0.354 e. The zero-order valence-electron chi connectivity index (χ0n) is 8.67. The summed E-state index contributed by atoms with van der Waals surface area (Å²) in [6.45, 7) is 1.75. The number of carbonyl (C=O) groups is 2. The molecule has 2 N–H and O–H groups in total. The third kappa shape index (κ3) is 3.23. The van der Waals surface area contributed by atoms with E-state index in [2.05, 4.69) is 22.9 Å². The quantitative estimate of drug-likeness (QED) is 0.693. The molecule has 0 radical (unpaired) electrons. The summed E-state index contributed by atoms with van der Waals surface area (Å²) >= 11 is 4.01. The van der Waals surface area contributed by atoms with Gasteiger partial charge in [-0.3, -0.25) is 4.79 Å². The number of rotatable bonds is 4. The standard InChI is InChI=1S/C10H12N2O3S/c1-6(5-16)9(13)12-7-2-3-8(10(14)15)11-4-7/h2-4,6,16H,5H2,1H3,(H,12,13)(H,14,15). The van der Waals surface area contributed by atoms with E-state index in [1.807, 2.05) is 0 Å². The molecule has 0 aliphatic heterocycles. The van der Waals surface area contributed by atoms with E-state index in [0.717, 1.165) is 0 Å². The van der Waals surface area contributed by atoms with Crippen molar-refractivity contribution < 1.29 is 14.7 Å². The second kappa shape index (κ2) is 5.50. The molecule has 0 aliphatic carbocycles. The molecule has 0 aromatic carbocycles. The van der Waals surface area contributed by atoms with E-state index >= 15 is 0 Å². The van der Waals surface area contributed by atoms with Crippen molar-refractivity contribution in [1.29, 1.82) is 0 Å². The fraction of sp³-hybridized carbons (Fsp3) is 0.300. The maximum absolute atomic E-state index is 11.5. The fourth-order valence-corrected chi connectivity index (χ4v) is 1.11. The van der Waals surface area contributed by atoms with Crippen molar-refractivity contribution in [3.05, 3.63) is 24.0 Å². The summed E-state index contributed by atoms with van der Waals surface area (Å²) in [6.07, 6.45) is 1.31. The molecule has 86 valence electrons. The predicted molar refractivity (Wildman–Crippen MR) is 62.8 cm³/mol. The van der Waals surface area contributed by atoms with E-state index in [9.17, 15) is 9.59 Å². The molecule has 0 saturated heterocycles. The molecule has 0 spiro atoms. The van der Waals surface area contributed by atoms with Gasteiger partial charge in [-0.15, -0.1) is 0 Å². The normalized spacial score (nSPS) is 11.9. The Morgan fingerprint density at radius 2 is 2.25 bits per heavy atom. The van der Waals surface area contributed by atoms with Gasteiger partial charge in [-0.2, -0.15) is 12.6 Å². The van der Waals surface area contributed by atoms with Gasteiger partial charge in [0.15, 0.2) is 0 Å². The van der Waals surface area contributed by atoms with Gasteiger partial charge in [0.05, 0.1) is 11.9 Å². The van der Waals surface area contributed by atoms with Gasteiger partial charge in [-0.05, 0) is 12.1 Å². The van der Waals surface area contributed by atoms with Crippen LogP contribution in [0.4, 0.5) is 5.69 Å². The number of pyridine rings is 1. The second-order valence-electron chi connectivity index (χ2n) is 3.31. The van der Waals surface area contributed by atoms with Crippen molar-refractivity contribution in [1.82, 2.24) is 4.98 Å². The van der Waals surface area contributed by atoms with Crippen LogP contribution in [0.2, 0.25) is 0 Å². The number of anilines is 1. The van der Waals surface area contributed by atoms with Gasteiger partial charge >= 0.3 is 5.97 Å². The van der Waals surface area contributed by atoms with Gasteiger partial charge in [-0.1, -0.05) is 6.92 Å². The van der Waals surface area contributed by atoms with E-state index in [0.29, 0.717) is 11.4 Å². The number of aromatic carboxylic acids is 1. The van der Waals surface area contributed by atoms with Crippen LogP contribution < -0.4 is 5.32 Å². The summed E-state index contributed by atoms with van der Waals surface area (Å²) in [5, 5.41) is 11.2. The van der Waals surface area contributed by atoms with Crippen LogP contribution >= 0.6 is 12.6 Å². The third-order valence-corrected chi connectivity index (χ3v) is 2.52. The van der Waals surface area contributed by atoms with Crippen molar-refractivity contribution in [2.24, 2.45) is 5.92 Å². The lowest BCUT2D eigenvalue weighted by atomic mass is 10.2. The molecule has 0 aliphatic rings. The Morgan fingerprint density at radius 1 is 1.56 bits per heavy atom. The summed E-state index contributed by atoms with van der Waals surface area (Å²) in [4.78, 5) is 25.7. The summed E-state index contributed by atoms with van der Waals surface area (Å²) in [5.41, 5.74) is 0.420. The number of aromatic nitrogens is 1. The van der Waals surface area contributed by atoms with Crippen LogP contribution in [0.25, 0.3) is 0 Å². The van der Waals surface area contributed by atoms with Crippen molar-refractivity contribution >= 4 is 30.2 Å². The third-order valence-electron chi connectivity index (χ3n) is 1.97. The van der Waals surface area contributed by atoms with E-state index in [4.69, 9.17) is 5.11 Å². The van der Waals surface area contributed by atoms with Crippen molar-refractivity contribution in [3.8, 4) is 0 Å². The fourth-order valence-electron chi connectivity index (χ4n) is 0.943. The van der Waals surface area contributed by atoms with Crippen molar-refractivity contribution in [3.63, 3.8) is 0 Å². The second-order valence-corrected chi connectivity index (χ2v) is 3.68. The van der Waals surface area contributed by atoms with Gasteiger partial charge in [0.25, 0.3) is 0 Å². The number of nitrogens with one attached hydrogen (secondary N) is 1. The highest BCUT2D eigenvalue weighted by molar-refractivity contribution is 7.80. The first kappa shape index (κ1) is 12.5. The number of carboxylic acid groups (broad SMARTS) is 1. The van der Waals surface area contributed by atoms with E-state index in [1.54, 1.807) is 6.92 Å². The van der Waals surface area contributed by atoms with Gasteiger partial charge in [-0.25, -0.2) is 9.78 Å². The highest BCUT2D eigenvalue weighted by Crippen LogP contribution is 2.09. The molecule has 1 unspecified atom stereocenters. The van der Waals surface area contributed by atoms with E-state index in [-0.39, 0.29) is 17.5 Å². The molecule has 1 aromatic heterocycles. The van der Waals surface area contributed by atoms with Gasteiger partial charge in [0.1, 0.15) is 5.69 Å². The molecule has 6 heteroatoms. The van der Waals surface area contributed by atoms with Crippen LogP contribution in [0.1, 0.15) is 17.4 Å². The zero-order chi connectivity index (χ0) is 12.1. The Balaban J connectivity index is 2.69. The lowest BCUT2D eigenvalue weighted by Gasteiger charge is -2.09. The molecule has 1 amide bonds. The van der Waals surface area contributed by atoms with E-state index in [1.165, 1.54) is 18.3 Å². The predicted octanol–water partition coefficient (Wildman–Crippen LogP) is 1.28. The van der Waals surface area contributed by atoms with Crippen LogP contribution in [0.3, 0.4) is 0 Å². The summed E-state index contributed by atoms with van der Waals surface area (Å²) in [7, 11) is 0. The smallest absolute Gasteiger partial charge is 0.354 e. The summed E-state index contributed by atoms with van der Waals surface area (Å²) in [6, 6.07) is 2.84. The minimum atomic E-state index is -1.10. The lowest BCUT2D eigenvalue weighted by Crippen LogP contribution is -2.21. The molecule has 1 rings (SSSR count). The van der Waals surface area contributed by atoms with Gasteiger partial charge in [0.2, 0.25) is 5.91 Å². The first-order valence-electron chi connectivity index (χ1n) is 4.65. The zero-order valence-corrected chi connectivity index (χ0v) is 9.57. The van der Waals surface area contributed by atoms with Crippen LogP contribution in [-0.2, 0) is 4.79 Å². The van der Waals surface area contributed by atoms with Crippen LogP contribution in [0.15, 0.2) is 18.3 Å². The molecule has 0 fully saturated rings. The number of thiol groups is 1. The molecule has 0 saturated carbocycles. The Bertz CT molecular complexity index is 392. The maximum atomic E-state index is 11.5. The Kier molecular flexibility index (Phi) is 4.30. The molecule has 0 bridgehead atoms. The molecular weight excluding hydrogens is 228 g/mol. The first-order chi connectivity index (χ1) is 7.54. The number of amides is 1. The van der Waals surface area contributed by atoms with Gasteiger partial charge in [0, 0.05) is 11.7 Å². The van der Waals surface area contributed by atoms with Crippen LogP contribution in [0.5, 0.6) is 0 Å². The SMILES string of the molecule is CC(CS)C(=O)Nc1ccc(C(=O)O)nc1. The number of carboxylic acids is 1. The van der Waals surface area contributed by atoms with E-state index < -0.39 is 5.97 Å².